The monoisotopic (exact) mass is 327 g/mol. The molecule has 0 fully saturated rings. The molecular weight excluding hydrogens is 302 g/mol. The van der Waals surface area contributed by atoms with Gasteiger partial charge in [-0.2, -0.15) is 0 Å². The van der Waals surface area contributed by atoms with E-state index in [0.717, 1.165) is 32.7 Å². The topological polar surface area (TPSA) is 12.5 Å². The van der Waals surface area contributed by atoms with E-state index in [1.807, 2.05) is 0 Å². The van der Waals surface area contributed by atoms with Crippen LogP contribution in [0.3, 0.4) is 0 Å². The van der Waals surface area contributed by atoms with Gasteiger partial charge in [0.15, 0.2) is 0 Å². The second-order valence-corrected chi connectivity index (χ2v) is 6.15. The van der Waals surface area contributed by atoms with E-state index in [-0.39, 0.29) is 18.5 Å². The van der Waals surface area contributed by atoms with Crippen molar-refractivity contribution in [2.24, 2.45) is 0 Å². The molecule has 0 saturated carbocycles. The molecule has 1 unspecified atom stereocenters. The van der Waals surface area contributed by atoms with Crippen molar-refractivity contribution in [2.45, 2.75) is 33.3 Å². The van der Waals surface area contributed by atoms with E-state index in [0.29, 0.717) is 0 Å². The predicted octanol–water partition coefficient (Wildman–Crippen LogP) is 4.61. The highest BCUT2D eigenvalue weighted by Gasteiger charge is 2.06. The maximum atomic E-state index is 5.93. The van der Waals surface area contributed by atoms with Crippen molar-refractivity contribution in [1.29, 1.82) is 0 Å². The standard InChI is InChI=1S/C17H25NOS.ClH/c1-4-18(5-2)9-10-19-14(3)12-15-6-7-17-16(13-15)8-11-20-17;/h6-8,11,13-14H,4-5,9-10,12H2,1-3H3;1H. The van der Waals surface area contributed by atoms with Crippen LogP contribution in [0.5, 0.6) is 0 Å². The third kappa shape index (κ3) is 5.59. The number of nitrogens with zero attached hydrogens (tertiary/aromatic N) is 1. The zero-order chi connectivity index (χ0) is 14.4. The Balaban J connectivity index is 0.00000220. The van der Waals surface area contributed by atoms with Crippen LogP contribution in [0.2, 0.25) is 0 Å². The zero-order valence-corrected chi connectivity index (χ0v) is 14.8. The SMILES string of the molecule is CCN(CC)CCOC(C)Cc1ccc2sccc2c1.Cl. The second-order valence-electron chi connectivity index (χ2n) is 5.21. The summed E-state index contributed by atoms with van der Waals surface area (Å²) >= 11 is 1.80. The van der Waals surface area contributed by atoms with Crippen LogP contribution in [0, 0.1) is 0 Å². The number of benzene rings is 1. The van der Waals surface area contributed by atoms with Crippen molar-refractivity contribution in [1.82, 2.24) is 4.90 Å². The Bertz CT molecular complexity index is 524. The molecule has 2 aromatic rings. The fourth-order valence-corrected chi connectivity index (χ4v) is 3.23. The lowest BCUT2D eigenvalue weighted by molar-refractivity contribution is 0.0504. The molecule has 4 heteroatoms. The van der Waals surface area contributed by atoms with Gasteiger partial charge in [0.2, 0.25) is 0 Å². The predicted molar refractivity (Wildman–Crippen MR) is 96.0 cm³/mol. The quantitative estimate of drug-likeness (QED) is 0.702. The highest BCUT2D eigenvalue weighted by Crippen LogP contribution is 2.22. The Kier molecular flexibility index (Phi) is 8.27. The summed E-state index contributed by atoms with van der Waals surface area (Å²) in [7, 11) is 0. The fourth-order valence-electron chi connectivity index (χ4n) is 2.46. The third-order valence-corrected chi connectivity index (χ3v) is 4.64. The van der Waals surface area contributed by atoms with Gasteiger partial charge in [-0.1, -0.05) is 26.0 Å². The van der Waals surface area contributed by atoms with Crippen LogP contribution in [-0.2, 0) is 11.2 Å². The Morgan fingerprint density at radius 1 is 1.19 bits per heavy atom. The summed E-state index contributed by atoms with van der Waals surface area (Å²) in [4.78, 5) is 2.39. The Hall–Kier alpha value is -0.610. The van der Waals surface area contributed by atoms with Crippen LogP contribution < -0.4 is 0 Å². The third-order valence-electron chi connectivity index (χ3n) is 3.74. The van der Waals surface area contributed by atoms with E-state index < -0.39 is 0 Å². The summed E-state index contributed by atoms with van der Waals surface area (Å²) in [6.07, 6.45) is 1.27. The second kappa shape index (κ2) is 9.42. The van der Waals surface area contributed by atoms with Gasteiger partial charge in [0.05, 0.1) is 12.7 Å². The zero-order valence-electron chi connectivity index (χ0n) is 13.2. The summed E-state index contributed by atoms with van der Waals surface area (Å²) in [5.41, 5.74) is 1.37. The normalized spacial score (nSPS) is 12.6. The van der Waals surface area contributed by atoms with Crippen molar-refractivity contribution in [3.8, 4) is 0 Å². The number of hydrogen-bond donors (Lipinski definition) is 0. The number of ether oxygens (including phenoxy) is 1. The van der Waals surface area contributed by atoms with E-state index in [4.69, 9.17) is 4.74 Å². The molecule has 0 aliphatic carbocycles. The first kappa shape index (κ1) is 18.4. The average molecular weight is 328 g/mol. The molecule has 0 N–H and O–H groups in total. The molecular formula is C17H26ClNOS. The minimum Gasteiger partial charge on any atom is -0.377 e. The number of thiophene rings is 1. The molecule has 1 aromatic carbocycles. The molecule has 1 atom stereocenters. The first-order valence-corrected chi connectivity index (χ1v) is 8.41. The van der Waals surface area contributed by atoms with E-state index in [2.05, 4.69) is 55.3 Å². The first-order chi connectivity index (χ1) is 9.72. The smallest absolute Gasteiger partial charge is 0.0597 e. The minimum absolute atomic E-state index is 0. The van der Waals surface area contributed by atoms with E-state index in [9.17, 15) is 0 Å². The fraction of sp³-hybridized carbons (Fsp3) is 0.529. The largest absolute Gasteiger partial charge is 0.377 e. The number of rotatable bonds is 8. The first-order valence-electron chi connectivity index (χ1n) is 7.53. The van der Waals surface area contributed by atoms with Gasteiger partial charge >= 0.3 is 0 Å². The van der Waals surface area contributed by atoms with Crippen molar-refractivity contribution >= 4 is 33.8 Å². The molecule has 0 aliphatic heterocycles. The number of hydrogen-bond acceptors (Lipinski definition) is 3. The minimum atomic E-state index is 0. The maximum absolute atomic E-state index is 5.93. The Morgan fingerprint density at radius 2 is 1.95 bits per heavy atom. The summed E-state index contributed by atoms with van der Waals surface area (Å²) < 4.78 is 7.30. The lowest BCUT2D eigenvalue weighted by atomic mass is 10.1. The summed E-state index contributed by atoms with van der Waals surface area (Å²) in [5.74, 6) is 0. The van der Waals surface area contributed by atoms with Gasteiger partial charge in [0.25, 0.3) is 0 Å². The number of halogens is 1. The van der Waals surface area contributed by atoms with Gasteiger partial charge in [-0.25, -0.2) is 0 Å². The average Bonchev–Trinajstić information content (AvgIpc) is 2.91. The molecule has 2 rings (SSSR count). The maximum Gasteiger partial charge on any atom is 0.0597 e. The van der Waals surface area contributed by atoms with Crippen LogP contribution in [0.1, 0.15) is 26.3 Å². The molecule has 0 radical (unpaired) electrons. The molecule has 0 saturated heterocycles. The highest BCUT2D eigenvalue weighted by atomic mass is 35.5. The van der Waals surface area contributed by atoms with Crippen LogP contribution in [0.15, 0.2) is 29.6 Å². The van der Waals surface area contributed by atoms with E-state index in [1.54, 1.807) is 11.3 Å². The molecule has 0 spiro atoms. The molecule has 21 heavy (non-hydrogen) atoms. The van der Waals surface area contributed by atoms with Crippen LogP contribution >= 0.6 is 23.7 Å². The van der Waals surface area contributed by atoms with E-state index in [1.165, 1.54) is 15.6 Å². The van der Waals surface area contributed by atoms with Gasteiger partial charge in [0.1, 0.15) is 0 Å². The number of likely N-dealkylation sites (N-methyl/N-ethyl adjacent to an activating group) is 1. The van der Waals surface area contributed by atoms with Crippen LogP contribution in [-0.4, -0.2) is 37.2 Å². The number of fused-ring (bicyclic) bond motifs is 1. The van der Waals surface area contributed by atoms with Gasteiger partial charge in [0, 0.05) is 11.2 Å². The molecule has 0 aliphatic rings. The van der Waals surface area contributed by atoms with Gasteiger partial charge in [-0.3, -0.25) is 0 Å². The van der Waals surface area contributed by atoms with Crippen molar-refractivity contribution in [3.05, 3.63) is 35.2 Å². The van der Waals surface area contributed by atoms with Crippen LogP contribution in [0.25, 0.3) is 10.1 Å². The van der Waals surface area contributed by atoms with Gasteiger partial charge in [-0.15, -0.1) is 23.7 Å². The van der Waals surface area contributed by atoms with Crippen molar-refractivity contribution in [2.75, 3.05) is 26.2 Å². The Labute approximate surface area is 138 Å². The Morgan fingerprint density at radius 3 is 2.67 bits per heavy atom. The molecule has 2 nitrogen and oxygen atoms in total. The molecule has 0 bridgehead atoms. The molecule has 0 amide bonds. The summed E-state index contributed by atoms with van der Waals surface area (Å²) in [6.45, 7) is 10.6. The van der Waals surface area contributed by atoms with Crippen molar-refractivity contribution in [3.63, 3.8) is 0 Å². The van der Waals surface area contributed by atoms with Crippen molar-refractivity contribution < 1.29 is 4.74 Å². The summed E-state index contributed by atoms with van der Waals surface area (Å²) in [6, 6.07) is 8.92. The highest BCUT2D eigenvalue weighted by molar-refractivity contribution is 7.17. The summed E-state index contributed by atoms with van der Waals surface area (Å²) in [5, 5.41) is 3.50. The van der Waals surface area contributed by atoms with E-state index >= 15 is 0 Å². The van der Waals surface area contributed by atoms with Gasteiger partial charge < -0.3 is 9.64 Å². The molecule has 1 heterocycles. The molecule has 1 aromatic heterocycles. The van der Waals surface area contributed by atoms with Gasteiger partial charge in [-0.05, 0) is 54.9 Å². The van der Waals surface area contributed by atoms with Crippen LogP contribution in [0.4, 0.5) is 0 Å². The lowest BCUT2D eigenvalue weighted by Crippen LogP contribution is -2.28. The molecule has 118 valence electrons. The lowest BCUT2D eigenvalue weighted by Gasteiger charge is -2.20.